The summed E-state index contributed by atoms with van der Waals surface area (Å²) in [5, 5.41) is 6.38. The standard InChI is InChI=1S/C20H24N4O.CH4/c21-18-3-1-2-4-19(18)23-20(25)15-7-9-16(10-8-15)22-17-12-24(13-17)11-14-5-6-14;/h1-4,7-10,14,17,22H,5-6,11-13,21H2,(H,23,25);1H4. The Morgan fingerprint density at radius 3 is 2.42 bits per heavy atom. The van der Waals surface area contributed by atoms with Crippen LogP contribution in [0.3, 0.4) is 0 Å². The zero-order chi connectivity index (χ0) is 17.2. The van der Waals surface area contributed by atoms with Crippen molar-refractivity contribution in [2.24, 2.45) is 5.92 Å². The number of hydrogen-bond donors (Lipinski definition) is 3. The van der Waals surface area contributed by atoms with Crippen molar-refractivity contribution < 1.29 is 4.79 Å². The van der Waals surface area contributed by atoms with Crippen LogP contribution >= 0.6 is 0 Å². The van der Waals surface area contributed by atoms with Gasteiger partial charge in [0, 0.05) is 30.9 Å². The summed E-state index contributed by atoms with van der Waals surface area (Å²) < 4.78 is 0. The van der Waals surface area contributed by atoms with Crippen LogP contribution in [0, 0.1) is 5.92 Å². The van der Waals surface area contributed by atoms with Crippen LogP contribution in [0.15, 0.2) is 48.5 Å². The number of rotatable bonds is 6. The SMILES string of the molecule is C.Nc1ccccc1NC(=O)c1ccc(NC2CN(CC3CC3)C2)cc1. The fraction of sp³-hybridized carbons (Fsp3) is 0.381. The van der Waals surface area contributed by atoms with E-state index in [9.17, 15) is 4.79 Å². The summed E-state index contributed by atoms with van der Waals surface area (Å²) in [6.45, 7) is 3.50. The summed E-state index contributed by atoms with van der Waals surface area (Å²) in [5.74, 6) is 0.807. The molecule has 0 bridgehead atoms. The first-order chi connectivity index (χ1) is 12.2. The molecule has 2 aromatic rings. The molecule has 0 unspecified atom stereocenters. The Morgan fingerprint density at radius 2 is 1.77 bits per heavy atom. The van der Waals surface area contributed by atoms with Crippen molar-refractivity contribution >= 4 is 23.0 Å². The minimum atomic E-state index is -0.149. The van der Waals surface area contributed by atoms with Crippen molar-refractivity contribution in [2.75, 3.05) is 36.0 Å². The number of hydrogen-bond acceptors (Lipinski definition) is 4. The van der Waals surface area contributed by atoms with Crippen molar-refractivity contribution in [3.63, 3.8) is 0 Å². The van der Waals surface area contributed by atoms with Crippen LogP contribution in [0.4, 0.5) is 17.1 Å². The maximum Gasteiger partial charge on any atom is 0.255 e. The smallest absolute Gasteiger partial charge is 0.255 e. The average molecular weight is 352 g/mol. The Bertz CT molecular complexity index is 749. The Kier molecular flexibility index (Phi) is 5.47. The minimum absolute atomic E-state index is 0. The van der Waals surface area contributed by atoms with E-state index in [2.05, 4.69) is 15.5 Å². The van der Waals surface area contributed by atoms with E-state index in [0.29, 0.717) is 23.0 Å². The molecular formula is C21H28N4O. The van der Waals surface area contributed by atoms with E-state index in [-0.39, 0.29) is 13.3 Å². The van der Waals surface area contributed by atoms with E-state index in [1.54, 1.807) is 12.1 Å². The second-order valence-electron chi connectivity index (χ2n) is 7.12. The highest BCUT2D eigenvalue weighted by Crippen LogP contribution is 2.31. The molecule has 1 amide bonds. The molecule has 26 heavy (non-hydrogen) atoms. The number of nitrogens with one attached hydrogen (secondary N) is 2. The molecule has 2 fully saturated rings. The van der Waals surface area contributed by atoms with Crippen LogP contribution < -0.4 is 16.4 Å². The van der Waals surface area contributed by atoms with E-state index in [4.69, 9.17) is 5.73 Å². The second-order valence-corrected chi connectivity index (χ2v) is 7.12. The predicted molar refractivity (Wildman–Crippen MR) is 109 cm³/mol. The van der Waals surface area contributed by atoms with Gasteiger partial charge in [-0.05, 0) is 55.2 Å². The molecule has 4 N–H and O–H groups in total. The third-order valence-electron chi connectivity index (χ3n) is 4.90. The second kappa shape index (κ2) is 7.79. The molecule has 2 aromatic carbocycles. The van der Waals surface area contributed by atoms with E-state index in [0.717, 1.165) is 24.7 Å². The van der Waals surface area contributed by atoms with E-state index in [1.165, 1.54) is 19.4 Å². The molecule has 1 saturated heterocycles. The zero-order valence-electron chi connectivity index (χ0n) is 14.2. The minimum Gasteiger partial charge on any atom is -0.397 e. The van der Waals surface area contributed by atoms with E-state index >= 15 is 0 Å². The maximum atomic E-state index is 12.3. The molecule has 1 aliphatic carbocycles. The molecule has 138 valence electrons. The molecule has 1 saturated carbocycles. The summed E-state index contributed by atoms with van der Waals surface area (Å²) in [5.41, 5.74) is 8.75. The summed E-state index contributed by atoms with van der Waals surface area (Å²) in [6.07, 6.45) is 2.82. The van der Waals surface area contributed by atoms with Gasteiger partial charge in [-0.1, -0.05) is 19.6 Å². The number of anilines is 3. The largest absolute Gasteiger partial charge is 0.397 e. The van der Waals surface area contributed by atoms with Gasteiger partial charge in [-0.2, -0.15) is 0 Å². The lowest BCUT2D eigenvalue weighted by atomic mass is 10.1. The molecular weight excluding hydrogens is 324 g/mol. The highest BCUT2D eigenvalue weighted by molar-refractivity contribution is 6.05. The first kappa shape index (κ1) is 18.3. The third kappa shape index (κ3) is 4.35. The van der Waals surface area contributed by atoms with Crippen LogP contribution in [0.5, 0.6) is 0 Å². The molecule has 0 aromatic heterocycles. The van der Waals surface area contributed by atoms with Crippen LogP contribution in [-0.4, -0.2) is 36.5 Å². The highest BCUT2D eigenvalue weighted by atomic mass is 16.1. The van der Waals surface area contributed by atoms with E-state index < -0.39 is 0 Å². The molecule has 0 spiro atoms. The summed E-state index contributed by atoms with van der Waals surface area (Å²) in [6, 6.07) is 15.4. The van der Waals surface area contributed by atoms with Crippen molar-refractivity contribution in [1.82, 2.24) is 4.90 Å². The van der Waals surface area contributed by atoms with Gasteiger partial charge in [-0.15, -0.1) is 0 Å². The van der Waals surface area contributed by atoms with Crippen molar-refractivity contribution in [2.45, 2.75) is 26.3 Å². The highest BCUT2D eigenvalue weighted by Gasteiger charge is 2.31. The number of nitrogens with zero attached hydrogens (tertiary/aromatic N) is 1. The first-order valence-electron chi connectivity index (χ1n) is 8.92. The molecule has 5 nitrogen and oxygen atoms in total. The number of nitrogen functional groups attached to an aromatic ring is 1. The summed E-state index contributed by atoms with van der Waals surface area (Å²) in [4.78, 5) is 14.8. The van der Waals surface area contributed by atoms with E-state index in [1.807, 2.05) is 36.4 Å². The number of carbonyl (C=O) groups excluding carboxylic acids is 1. The molecule has 2 aliphatic rings. The van der Waals surface area contributed by atoms with Gasteiger partial charge in [0.1, 0.15) is 0 Å². The van der Waals surface area contributed by atoms with Gasteiger partial charge in [-0.25, -0.2) is 0 Å². The molecule has 1 aliphatic heterocycles. The number of carbonyl (C=O) groups is 1. The summed E-state index contributed by atoms with van der Waals surface area (Å²) >= 11 is 0. The topological polar surface area (TPSA) is 70.4 Å². The monoisotopic (exact) mass is 352 g/mol. The van der Waals surface area contributed by atoms with Gasteiger partial charge in [0.15, 0.2) is 0 Å². The van der Waals surface area contributed by atoms with Gasteiger partial charge < -0.3 is 16.4 Å². The zero-order valence-corrected chi connectivity index (χ0v) is 14.2. The van der Waals surface area contributed by atoms with Crippen molar-refractivity contribution in [1.29, 1.82) is 0 Å². The predicted octanol–water partition coefficient (Wildman–Crippen LogP) is 3.66. The Morgan fingerprint density at radius 1 is 1.08 bits per heavy atom. The summed E-state index contributed by atoms with van der Waals surface area (Å²) in [7, 11) is 0. The average Bonchev–Trinajstić information content (AvgIpc) is 3.40. The Balaban J connectivity index is 0.00000196. The van der Waals surface area contributed by atoms with Gasteiger partial charge in [0.2, 0.25) is 0 Å². The number of benzene rings is 2. The third-order valence-corrected chi connectivity index (χ3v) is 4.90. The Hall–Kier alpha value is -2.53. The lowest BCUT2D eigenvalue weighted by Crippen LogP contribution is -2.55. The van der Waals surface area contributed by atoms with Gasteiger partial charge in [0.05, 0.1) is 17.4 Å². The van der Waals surface area contributed by atoms with Crippen LogP contribution in [0.25, 0.3) is 0 Å². The molecule has 0 radical (unpaired) electrons. The molecule has 5 heteroatoms. The number of nitrogens with two attached hydrogens (primary N) is 1. The van der Waals surface area contributed by atoms with Gasteiger partial charge in [-0.3, -0.25) is 9.69 Å². The van der Waals surface area contributed by atoms with Gasteiger partial charge in [0.25, 0.3) is 5.91 Å². The number of likely N-dealkylation sites (tertiary alicyclic amines) is 1. The van der Waals surface area contributed by atoms with Crippen LogP contribution in [0.1, 0.15) is 30.6 Å². The maximum absolute atomic E-state index is 12.3. The normalized spacial score (nSPS) is 17.1. The molecule has 1 heterocycles. The number of amides is 1. The quantitative estimate of drug-likeness (QED) is 0.694. The van der Waals surface area contributed by atoms with Crippen molar-refractivity contribution in [3.8, 4) is 0 Å². The molecule has 0 atom stereocenters. The van der Waals surface area contributed by atoms with Crippen LogP contribution in [-0.2, 0) is 0 Å². The van der Waals surface area contributed by atoms with Crippen LogP contribution in [0.2, 0.25) is 0 Å². The van der Waals surface area contributed by atoms with Crippen molar-refractivity contribution in [3.05, 3.63) is 54.1 Å². The fourth-order valence-electron chi connectivity index (χ4n) is 3.23. The lowest BCUT2D eigenvalue weighted by Gasteiger charge is -2.40. The lowest BCUT2D eigenvalue weighted by molar-refractivity contribution is 0.102. The van der Waals surface area contributed by atoms with Gasteiger partial charge >= 0.3 is 0 Å². The Labute approximate surface area is 155 Å². The first-order valence-corrected chi connectivity index (χ1v) is 8.92. The molecule has 4 rings (SSSR count). The fourth-order valence-corrected chi connectivity index (χ4v) is 3.23. The number of para-hydroxylation sites is 2.